The van der Waals surface area contributed by atoms with Crippen molar-refractivity contribution >= 4 is 45.6 Å². The molecule has 45 heavy (non-hydrogen) atoms. The molecule has 0 N–H and O–H groups in total. The Kier molecular flexibility index (Phi) is 11.4. The molecule has 0 amide bonds. The molecule has 0 bridgehead atoms. The van der Waals surface area contributed by atoms with Gasteiger partial charge >= 0.3 is 39.5 Å². The lowest BCUT2D eigenvalue weighted by molar-refractivity contribution is -0.254. The Labute approximate surface area is 260 Å². The Hall–Kier alpha value is -3.89. The van der Waals surface area contributed by atoms with Gasteiger partial charge in [0.1, 0.15) is 24.6 Å². The molecule has 1 aliphatic heterocycles. The van der Waals surface area contributed by atoms with Gasteiger partial charge in [0.05, 0.1) is 0 Å². The van der Waals surface area contributed by atoms with Crippen LogP contribution in [-0.2, 0) is 59.4 Å². The van der Waals surface area contributed by atoms with Gasteiger partial charge in [-0.25, -0.2) is 0 Å². The second-order valence-corrected chi connectivity index (χ2v) is 11.7. The van der Waals surface area contributed by atoms with Gasteiger partial charge in [-0.1, -0.05) is 35.9 Å². The summed E-state index contributed by atoms with van der Waals surface area (Å²) in [6.45, 7) is 4.02. The molecule has 0 radical (unpaired) electrons. The molecule has 1 fully saturated rings. The molecular formula is C28H28ClF3O12S. The molecule has 12 nitrogen and oxygen atoms in total. The lowest BCUT2D eigenvalue weighted by Crippen LogP contribution is -2.59. The number of benzene rings is 2. The highest BCUT2D eigenvalue weighted by molar-refractivity contribution is 7.88. The zero-order valence-electron chi connectivity index (χ0n) is 24.2. The third-order valence-electron chi connectivity index (χ3n) is 6.20. The number of carbonyl (C=O) groups is 4. The number of halogens is 4. The average Bonchev–Trinajstić information content (AvgIpc) is 2.90. The zero-order chi connectivity index (χ0) is 33.7. The number of ether oxygens (including phenoxy) is 5. The Balaban J connectivity index is 1.99. The van der Waals surface area contributed by atoms with E-state index in [1.165, 1.54) is 24.3 Å². The van der Waals surface area contributed by atoms with Crippen LogP contribution in [0.4, 0.5) is 13.2 Å². The van der Waals surface area contributed by atoms with E-state index in [0.717, 1.165) is 39.8 Å². The van der Waals surface area contributed by atoms with Crippen molar-refractivity contribution in [1.29, 1.82) is 0 Å². The highest BCUT2D eigenvalue weighted by Gasteiger charge is 2.52. The molecule has 1 aliphatic rings. The van der Waals surface area contributed by atoms with Crippen LogP contribution in [0.3, 0.4) is 0 Å². The molecule has 2 aromatic carbocycles. The summed E-state index contributed by atoms with van der Waals surface area (Å²) in [5.74, 6) is -3.60. The Bertz CT molecular complexity index is 1530. The van der Waals surface area contributed by atoms with Crippen molar-refractivity contribution in [2.24, 2.45) is 0 Å². The van der Waals surface area contributed by atoms with E-state index in [4.69, 9.17) is 35.3 Å². The van der Waals surface area contributed by atoms with Crippen molar-refractivity contribution < 1.29 is 68.6 Å². The third kappa shape index (κ3) is 9.55. The third-order valence-corrected chi connectivity index (χ3v) is 7.54. The van der Waals surface area contributed by atoms with Crippen molar-refractivity contribution in [3.8, 4) is 5.75 Å². The van der Waals surface area contributed by atoms with Gasteiger partial charge in [-0.05, 0) is 41.3 Å². The summed E-state index contributed by atoms with van der Waals surface area (Å²) in [6.07, 6.45) is -6.37. The van der Waals surface area contributed by atoms with Gasteiger partial charge in [-0.15, -0.1) is 0 Å². The highest BCUT2D eigenvalue weighted by Crippen LogP contribution is 2.39. The molecule has 0 aliphatic carbocycles. The fourth-order valence-electron chi connectivity index (χ4n) is 4.46. The van der Waals surface area contributed by atoms with Gasteiger partial charge in [-0.2, -0.15) is 21.6 Å². The van der Waals surface area contributed by atoms with Crippen LogP contribution in [0, 0.1) is 0 Å². The summed E-state index contributed by atoms with van der Waals surface area (Å²) in [6, 6.07) is 9.34. The van der Waals surface area contributed by atoms with Gasteiger partial charge in [0.2, 0.25) is 0 Å². The molecule has 0 spiro atoms. The van der Waals surface area contributed by atoms with Gasteiger partial charge in [0.15, 0.2) is 18.3 Å². The SMILES string of the molecule is CC(=O)OC[C@H]1O[C@H](c2ccc(Cl)c(Cc3ccc(OS(=O)(=O)C(F)(F)F)cc3)c2)[C@@H](OC(C)=O)[C@@H](OC(C)=O)[C@@H]1OC(C)=O. The van der Waals surface area contributed by atoms with Crippen molar-refractivity contribution in [3.05, 3.63) is 64.2 Å². The number of carbonyl (C=O) groups excluding carboxylic acids is 4. The summed E-state index contributed by atoms with van der Waals surface area (Å²) in [7, 11) is -5.86. The lowest BCUT2D eigenvalue weighted by atomic mass is 9.89. The summed E-state index contributed by atoms with van der Waals surface area (Å²) in [5, 5.41) is 0.254. The quantitative estimate of drug-likeness (QED) is 0.154. The first-order valence-corrected chi connectivity index (χ1v) is 14.8. The van der Waals surface area contributed by atoms with E-state index in [9.17, 15) is 40.8 Å². The van der Waals surface area contributed by atoms with E-state index in [1.54, 1.807) is 6.07 Å². The zero-order valence-corrected chi connectivity index (χ0v) is 25.7. The minimum atomic E-state index is -5.86. The van der Waals surface area contributed by atoms with Crippen molar-refractivity contribution in [1.82, 2.24) is 0 Å². The molecule has 5 atom stereocenters. The van der Waals surface area contributed by atoms with Crippen LogP contribution in [0.25, 0.3) is 0 Å². The molecule has 0 aromatic heterocycles. The predicted octanol–water partition coefficient (Wildman–Crippen LogP) is 3.96. The van der Waals surface area contributed by atoms with E-state index in [1.807, 2.05) is 0 Å². The normalized spacial score (nSPS) is 21.7. The standard InChI is InChI=1S/C28H28ClF3O12S/c1-14(33)39-13-23-25(40-15(2)34)27(42-17(4)36)26(41-16(3)35)24(43-23)19-7-10-22(29)20(12-19)11-18-5-8-21(9-6-18)44-45(37,38)28(30,31)32/h5-10,12,23-27H,11,13H2,1-4H3/t23-,24-,25-,26-,27+/m1/s1. The molecule has 246 valence electrons. The smallest absolute Gasteiger partial charge is 0.463 e. The number of hydrogen-bond acceptors (Lipinski definition) is 12. The second-order valence-electron chi connectivity index (χ2n) is 9.77. The lowest BCUT2D eigenvalue weighted by Gasteiger charge is -2.44. The van der Waals surface area contributed by atoms with Crippen molar-refractivity contribution in [2.75, 3.05) is 6.61 Å². The van der Waals surface area contributed by atoms with Crippen LogP contribution >= 0.6 is 11.6 Å². The van der Waals surface area contributed by atoms with Crippen LogP contribution in [0.5, 0.6) is 5.75 Å². The Morgan fingerprint density at radius 2 is 1.38 bits per heavy atom. The molecule has 1 saturated heterocycles. The highest BCUT2D eigenvalue weighted by atomic mass is 35.5. The van der Waals surface area contributed by atoms with E-state index >= 15 is 0 Å². The van der Waals surface area contributed by atoms with Gasteiger partial charge in [0.25, 0.3) is 0 Å². The first kappa shape index (κ1) is 35.6. The fourth-order valence-corrected chi connectivity index (χ4v) is 5.10. The molecule has 2 aromatic rings. The predicted molar refractivity (Wildman–Crippen MR) is 147 cm³/mol. The maximum Gasteiger partial charge on any atom is 0.534 e. The van der Waals surface area contributed by atoms with Crippen LogP contribution in [0.15, 0.2) is 42.5 Å². The largest absolute Gasteiger partial charge is 0.534 e. The maximum absolute atomic E-state index is 12.7. The van der Waals surface area contributed by atoms with Crippen LogP contribution in [0.2, 0.25) is 5.02 Å². The number of rotatable bonds is 10. The van der Waals surface area contributed by atoms with E-state index in [2.05, 4.69) is 4.18 Å². The van der Waals surface area contributed by atoms with Crippen molar-refractivity contribution in [3.63, 3.8) is 0 Å². The van der Waals surface area contributed by atoms with Gasteiger partial charge < -0.3 is 27.9 Å². The van der Waals surface area contributed by atoms with E-state index in [-0.39, 0.29) is 11.4 Å². The van der Waals surface area contributed by atoms with Gasteiger partial charge in [-0.3, -0.25) is 19.2 Å². The van der Waals surface area contributed by atoms with E-state index < -0.39 is 82.4 Å². The average molecular weight is 681 g/mol. The second kappa shape index (κ2) is 14.5. The number of esters is 4. The van der Waals surface area contributed by atoms with Gasteiger partial charge in [0, 0.05) is 32.7 Å². The van der Waals surface area contributed by atoms with Crippen LogP contribution < -0.4 is 4.18 Å². The van der Waals surface area contributed by atoms with Crippen LogP contribution in [0.1, 0.15) is 50.5 Å². The Morgan fingerprint density at radius 3 is 1.91 bits per heavy atom. The molecular weight excluding hydrogens is 653 g/mol. The summed E-state index contributed by atoms with van der Waals surface area (Å²) >= 11 is 6.43. The summed E-state index contributed by atoms with van der Waals surface area (Å²) in [5.41, 5.74) is -4.30. The molecule has 17 heteroatoms. The van der Waals surface area contributed by atoms with E-state index in [0.29, 0.717) is 16.7 Å². The summed E-state index contributed by atoms with van der Waals surface area (Å²) < 4.78 is 92.2. The minimum absolute atomic E-state index is 0.0875. The monoisotopic (exact) mass is 680 g/mol. The fraction of sp³-hybridized carbons (Fsp3) is 0.429. The molecule has 0 saturated carbocycles. The number of hydrogen-bond donors (Lipinski definition) is 0. The van der Waals surface area contributed by atoms with Crippen LogP contribution in [-0.4, -0.2) is 68.8 Å². The molecule has 3 rings (SSSR count). The summed E-state index contributed by atoms with van der Waals surface area (Å²) in [4.78, 5) is 47.8. The molecule has 1 heterocycles. The minimum Gasteiger partial charge on any atom is -0.463 e. The maximum atomic E-state index is 12.7. The first-order valence-electron chi connectivity index (χ1n) is 13.1. The number of alkyl halides is 3. The van der Waals surface area contributed by atoms with Crippen molar-refractivity contribution in [2.45, 2.75) is 70.1 Å². The topological polar surface area (TPSA) is 158 Å². The Morgan fingerprint density at radius 1 is 0.822 bits per heavy atom. The molecule has 0 unspecified atom stereocenters. The first-order chi connectivity index (χ1) is 20.9.